The van der Waals surface area contributed by atoms with Crippen molar-refractivity contribution >= 4 is 44.9 Å². The molecular weight excluding hydrogens is 363 g/mol. The molecule has 1 aromatic heterocycles. The van der Waals surface area contributed by atoms with Crippen LogP contribution in [0.4, 0.5) is 5.82 Å². The molecule has 0 saturated heterocycles. The van der Waals surface area contributed by atoms with Gasteiger partial charge < -0.3 is 10.1 Å². The van der Waals surface area contributed by atoms with Gasteiger partial charge in [0.2, 0.25) is 5.88 Å². The molecule has 0 amide bonds. The number of nitrogens with zero attached hydrogens (tertiary/aromatic N) is 1. The highest BCUT2D eigenvalue weighted by Crippen LogP contribution is 2.35. The molecule has 1 N–H and O–H groups in total. The number of anilines is 1. The molecule has 0 bridgehead atoms. The van der Waals surface area contributed by atoms with Gasteiger partial charge >= 0.3 is 0 Å². The second-order valence-electron chi connectivity index (χ2n) is 4.15. The van der Waals surface area contributed by atoms with Crippen molar-refractivity contribution in [2.45, 2.75) is 13.8 Å². The number of aromatic nitrogens is 1. The number of aryl methyl sites for hydroxylation is 1. The molecule has 0 saturated carbocycles. The maximum absolute atomic E-state index is 6.13. The smallest absolute Gasteiger partial charge is 0.240 e. The van der Waals surface area contributed by atoms with Crippen LogP contribution < -0.4 is 10.1 Å². The Morgan fingerprint density at radius 3 is 2.70 bits per heavy atom. The van der Waals surface area contributed by atoms with Gasteiger partial charge in [-0.1, -0.05) is 45.2 Å². The standard InChI is InChI=1S/C14H13BrCl2N2O/c1-3-18-13-10(16)7-11(17)14(19-13)20-12-6-9(15)5-4-8(12)2/h4-7H,3H2,1-2H3,(H,18,19). The lowest BCUT2D eigenvalue weighted by Crippen LogP contribution is -2.01. The van der Waals surface area contributed by atoms with Crippen LogP contribution in [-0.2, 0) is 0 Å². The lowest BCUT2D eigenvalue weighted by atomic mass is 10.2. The van der Waals surface area contributed by atoms with Crippen LogP contribution in [0.15, 0.2) is 28.7 Å². The maximum Gasteiger partial charge on any atom is 0.240 e. The number of benzene rings is 1. The van der Waals surface area contributed by atoms with Crippen LogP contribution in [0.25, 0.3) is 0 Å². The van der Waals surface area contributed by atoms with Crippen molar-refractivity contribution in [1.29, 1.82) is 0 Å². The fraction of sp³-hybridized carbons (Fsp3) is 0.214. The monoisotopic (exact) mass is 374 g/mol. The summed E-state index contributed by atoms with van der Waals surface area (Å²) in [5, 5.41) is 3.90. The van der Waals surface area contributed by atoms with Crippen LogP contribution in [0.1, 0.15) is 12.5 Å². The van der Waals surface area contributed by atoms with Crippen LogP contribution in [-0.4, -0.2) is 11.5 Å². The number of hydrogen-bond donors (Lipinski definition) is 1. The first-order valence-corrected chi connectivity index (χ1v) is 7.60. The van der Waals surface area contributed by atoms with E-state index < -0.39 is 0 Å². The summed E-state index contributed by atoms with van der Waals surface area (Å²) in [6, 6.07) is 7.39. The summed E-state index contributed by atoms with van der Waals surface area (Å²) in [5.74, 6) is 1.58. The Morgan fingerprint density at radius 2 is 2.00 bits per heavy atom. The number of halogens is 3. The van der Waals surface area contributed by atoms with Gasteiger partial charge in [-0.2, -0.15) is 4.98 Å². The number of ether oxygens (including phenoxy) is 1. The van der Waals surface area contributed by atoms with Gasteiger partial charge in [0, 0.05) is 11.0 Å². The molecule has 3 nitrogen and oxygen atoms in total. The maximum atomic E-state index is 6.13. The quantitative estimate of drug-likeness (QED) is 0.745. The van der Waals surface area contributed by atoms with Crippen LogP contribution in [0.2, 0.25) is 10.0 Å². The first-order valence-electron chi connectivity index (χ1n) is 6.05. The molecule has 1 aromatic carbocycles. The third-order valence-electron chi connectivity index (χ3n) is 2.60. The minimum atomic E-state index is 0.327. The van der Waals surface area contributed by atoms with Gasteiger partial charge in [-0.15, -0.1) is 0 Å². The van der Waals surface area contributed by atoms with E-state index in [1.165, 1.54) is 0 Å². The van der Waals surface area contributed by atoms with E-state index in [9.17, 15) is 0 Å². The molecule has 0 aliphatic rings. The molecule has 6 heteroatoms. The molecular formula is C14H13BrCl2N2O. The normalized spacial score (nSPS) is 10.4. The Balaban J connectivity index is 2.37. The fourth-order valence-corrected chi connectivity index (χ4v) is 2.40. The first-order chi connectivity index (χ1) is 9.51. The zero-order valence-electron chi connectivity index (χ0n) is 11.0. The van der Waals surface area contributed by atoms with Crippen molar-refractivity contribution < 1.29 is 4.74 Å². The Kier molecular flexibility index (Phi) is 5.13. The van der Waals surface area contributed by atoms with Crippen LogP contribution in [0, 0.1) is 6.92 Å². The van der Waals surface area contributed by atoms with E-state index in [0.29, 0.717) is 34.0 Å². The van der Waals surface area contributed by atoms with Gasteiger partial charge in [0.25, 0.3) is 0 Å². The molecule has 1 heterocycles. The molecule has 0 fully saturated rings. The molecule has 20 heavy (non-hydrogen) atoms. The second-order valence-corrected chi connectivity index (χ2v) is 5.88. The Morgan fingerprint density at radius 1 is 1.25 bits per heavy atom. The molecule has 2 aromatic rings. The number of pyridine rings is 1. The Hall–Kier alpha value is -0.970. The van der Waals surface area contributed by atoms with E-state index >= 15 is 0 Å². The number of nitrogens with one attached hydrogen (secondary N) is 1. The van der Waals surface area contributed by atoms with Gasteiger partial charge in [-0.3, -0.25) is 0 Å². The largest absolute Gasteiger partial charge is 0.437 e. The predicted molar refractivity (Wildman–Crippen MR) is 87.4 cm³/mol. The van der Waals surface area contributed by atoms with E-state index in [-0.39, 0.29) is 0 Å². The lowest BCUT2D eigenvalue weighted by Gasteiger charge is -2.12. The van der Waals surface area contributed by atoms with Crippen molar-refractivity contribution in [1.82, 2.24) is 4.98 Å². The molecule has 106 valence electrons. The minimum absolute atomic E-state index is 0.327. The number of rotatable bonds is 4. The van der Waals surface area contributed by atoms with Crippen LogP contribution in [0.5, 0.6) is 11.6 Å². The predicted octanol–water partition coefficient (Wildman–Crippen LogP) is 5.68. The van der Waals surface area contributed by atoms with Crippen molar-refractivity contribution in [3.8, 4) is 11.6 Å². The second kappa shape index (κ2) is 6.66. The summed E-state index contributed by atoms with van der Waals surface area (Å²) in [5.41, 5.74) is 0.992. The average molecular weight is 376 g/mol. The topological polar surface area (TPSA) is 34.2 Å². The van der Waals surface area contributed by atoms with Gasteiger partial charge in [0.1, 0.15) is 16.6 Å². The highest BCUT2D eigenvalue weighted by molar-refractivity contribution is 9.10. The summed E-state index contributed by atoms with van der Waals surface area (Å²) >= 11 is 15.6. The fourth-order valence-electron chi connectivity index (χ4n) is 1.60. The van der Waals surface area contributed by atoms with E-state index in [4.69, 9.17) is 27.9 Å². The summed E-state index contributed by atoms with van der Waals surface area (Å²) in [6.07, 6.45) is 0. The SMILES string of the molecule is CCNc1nc(Oc2cc(Br)ccc2C)c(Cl)cc1Cl. The molecule has 0 aliphatic heterocycles. The molecule has 0 spiro atoms. The summed E-state index contributed by atoms with van der Waals surface area (Å²) in [4.78, 5) is 4.32. The average Bonchev–Trinajstić information content (AvgIpc) is 2.39. The Bertz CT molecular complexity index is 635. The highest BCUT2D eigenvalue weighted by atomic mass is 79.9. The van der Waals surface area contributed by atoms with E-state index in [1.807, 2.05) is 32.0 Å². The third-order valence-corrected chi connectivity index (χ3v) is 3.65. The molecule has 2 rings (SSSR count). The molecule has 0 aliphatic carbocycles. The molecule has 0 atom stereocenters. The van der Waals surface area contributed by atoms with E-state index in [2.05, 4.69) is 26.2 Å². The van der Waals surface area contributed by atoms with Crippen molar-refractivity contribution in [3.05, 3.63) is 44.3 Å². The van der Waals surface area contributed by atoms with Gasteiger partial charge in [-0.05, 0) is 37.6 Å². The summed E-state index contributed by atoms with van der Waals surface area (Å²) in [6.45, 7) is 4.63. The first kappa shape index (κ1) is 15.4. The van der Waals surface area contributed by atoms with Gasteiger partial charge in [0.05, 0.1) is 5.02 Å². The summed E-state index contributed by atoms with van der Waals surface area (Å²) < 4.78 is 6.72. The highest BCUT2D eigenvalue weighted by Gasteiger charge is 2.12. The van der Waals surface area contributed by atoms with Crippen molar-refractivity contribution in [2.24, 2.45) is 0 Å². The minimum Gasteiger partial charge on any atom is -0.437 e. The third kappa shape index (κ3) is 3.57. The zero-order chi connectivity index (χ0) is 14.7. The van der Waals surface area contributed by atoms with Crippen molar-refractivity contribution in [3.63, 3.8) is 0 Å². The molecule has 0 unspecified atom stereocenters. The van der Waals surface area contributed by atoms with Crippen LogP contribution in [0.3, 0.4) is 0 Å². The van der Waals surface area contributed by atoms with Gasteiger partial charge in [-0.25, -0.2) is 0 Å². The van der Waals surface area contributed by atoms with E-state index in [1.54, 1.807) is 6.07 Å². The van der Waals surface area contributed by atoms with Gasteiger partial charge in [0.15, 0.2) is 0 Å². The van der Waals surface area contributed by atoms with Crippen molar-refractivity contribution in [2.75, 3.05) is 11.9 Å². The molecule has 0 radical (unpaired) electrons. The van der Waals surface area contributed by atoms with Crippen LogP contribution >= 0.6 is 39.1 Å². The lowest BCUT2D eigenvalue weighted by molar-refractivity contribution is 0.460. The Labute approximate surface area is 136 Å². The van der Waals surface area contributed by atoms with E-state index in [0.717, 1.165) is 10.0 Å². The number of hydrogen-bond acceptors (Lipinski definition) is 3. The zero-order valence-corrected chi connectivity index (χ0v) is 14.1. The summed E-state index contributed by atoms with van der Waals surface area (Å²) in [7, 11) is 0.